The first-order valence-electron chi connectivity index (χ1n) is 7.73. The van der Waals surface area contributed by atoms with E-state index in [1.54, 1.807) is 25.7 Å². The minimum absolute atomic E-state index is 0.0778. The molecule has 2 rings (SSSR count). The Morgan fingerprint density at radius 1 is 1.41 bits per heavy atom. The third-order valence-corrected chi connectivity index (χ3v) is 4.45. The molecule has 6 nitrogen and oxygen atoms in total. The molecule has 1 aromatic rings. The van der Waals surface area contributed by atoms with Gasteiger partial charge < -0.3 is 14.5 Å². The van der Waals surface area contributed by atoms with Gasteiger partial charge in [0.05, 0.1) is 18.3 Å². The van der Waals surface area contributed by atoms with Crippen molar-refractivity contribution in [2.24, 2.45) is 5.92 Å². The van der Waals surface area contributed by atoms with E-state index < -0.39 is 0 Å². The minimum Gasteiger partial charge on any atom is -0.382 e. The molecule has 0 radical (unpaired) electrons. The number of likely N-dealkylation sites (N-methyl/N-ethyl adjacent to an activating group) is 1. The van der Waals surface area contributed by atoms with Crippen molar-refractivity contribution in [1.82, 2.24) is 14.9 Å². The van der Waals surface area contributed by atoms with Crippen molar-refractivity contribution >= 4 is 11.7 Å². The van der Waals surface area contributed by atoms with E-state index in [-0.39, 0.29) is 17.4 Å². The van der Waals surface area contributed by atoms with Gasteiger partial charge in [-0.1, -0.05) is 0 Å². The normalized spacial score (nSPS) is 16.6. The van der Waals surface area contributed by atoms with E-state index in [0.29, 0.717) is 6.61 Å². The summed E-state index contributed by atoms with van der Waals surface area (Å²) in [6, 6.07) is 0. The van der Waals surface area contributed by atoms with Crippen LogP contribution in [0.3, 0.4) is 0 Å². The molecule has 1 aliphatic rings. The number of hydrogen-bond donors (Lipinski definition) is 0. The van der Waals surface area contributed by atoms with Crippen LogP contribution >= 0.6 is 0 Å². The van der Waals surface area contributed by atoms with Gasteiger partial charge in [0.1, 0.15) is 5.82 Å². The van der Waals surface area contributed by atoms with Crippen LogP contribution in [0.25, 0.3) is 0 Å². The molecule has 22 heavy (non-hydrogen) atoms. The average Bonchev–Trinajstić information content (AvgIpc) is 2.54. The van der Waals surface area contributed by atoms with Gasteiger partial charge in [0.2, 0.25) is 5.91 Å². The minimum atomic E-state index is -0.284. The molecular weight excluding hydrogens is 280 g/mol. The zero-order valence-electron chi connectivity index (χ0n) is 14.0. The standard InChI is InChI=1S/C16H26N4O2/c1-16(2,12-22-4)19(3)15(21)13-5-9-20(10-6-13)14-11-17-7-8-18-14/h7-8,11,13H,5-6,9-10,12H2,1-4H3. The molecule has 1 aromatic heterocycles. The van der Waals surface area contributed by atoms with Crippen LogP contribution in [-0.2, 0) is 9.53 Å². The van der Waals surface area contributed by atoms with Crippen molar-refractivity contribution in [3.05, 3.63) is 18.6 Å². The van der Waals surface area contributed by atoms with Gasteiger partial charge in [0.15, 0.2) is 0 Å². The van der Waals surface area contributed by atoms with E-state index in [2.05, 4.69) is 14.9 Å². The summed E-state index contributed by atoms with van der Waals surface area (Å²) in [6.07, 6.45) is 6.85. The fraction of sp³-hybridized carbons (Fsp3) is 0.688. The lowest BCUT2D eigenvalue weighted by Crippen LogP contribution is -2.51. The fourth-order valence-corrected chi connectivity index (χ4v) is 2.83. The second-order valence-electron chi connectivity index (χ2n) is 6.47. The van der Waals surface area contributed by atoms with Gasteiger partial charge in [-0.05, 0) is 26.7 Å². The average molecular weight is 306 g/mol. The number of ether oxygens (including phenoxy) is 1. The number of hydrogen-bond acceptors (Lipinski definition) is 5. The van der Waals surface area contributed by atoms with E-state index in [1.165, 1.54) is 0 Å². The largest absolute Gasteiger partial charge is 0.382 e. The lowest BCUT2D eigenvalue weighted by molar-refractivity contribution is -0.141. The molecular formula is C16H26N4O2. The Kier molecular flexibility index (Phi) is 5.34. The second-order valence-corrected chi connectivity index (χ2v) is 6.47. The Morgan fingerprint density at radius 3 is 2.64 bits per heavy atom. The topological polar surface area (TPSA) is 58.6 Å². The van der Waals surface area contributed by atoms with Gasteiger partial charge in [-0.25, -0.2) is 4.98 Å². The van der Waals surface area contributed by atoms with Crippen LogP contribution in [-0.4, -0.2) is 60.2 Å². The molecule has 0 N–H and O–H groups in total. The molecule has 0 unspecified atom stereocenters. The van der Waals surface area contributed by atoms with E-state index in [1.807, 2.05) is 25.8 Å². The number of anilines is 1. The van der Waals surface area contributed by atoms with Crippen molar-refractivity contribution in [3.63, 3.8) is 0 Å². The number of carbonyl (C=O) groups is 1. The van der Waals surface area contributed by atoms with Gasteiger partial charge in [-0.2, -0.15) is 0 Å². The maximum absolute atomic E-state index is 12.7. The Bertz CT molecular complexity index is 484. The van der Waals surface area contributed by atoms with Crippen LogP contribution in [0.1, 0.15) is 26.7 Å². The van der Waals surface area contributed by atoms with Crippen molar-refractivity contribution in [1.29, 1.82) is 0 Å². The summed E-state index contributed by atoms with van der Waals surface area (Å²) in [5.41, 5.74) is -0.284. The number of aromatic nitrogens is 2. The van der Waals surface area contributed by atoms with Gasteiger partial charge in [-0.3, -0.25) is 9.78 Å². The zero-order valence-corrected chi connectivity index (χ0v) is 14.0. The lowest BCUT2D eigenvalue weighted by Gasteiger charge is -2.39. The molecule has 1 aliphatic heterocycles. The Hall–Kier alpha value is -1.69. The highest BCUT2D eigenvalue weighted by Gasteiger charge is 2.34. The van der Waals surface area contributed by atoms with Crippen molar-refractivity contribution in [2.45, 2.75) is 32.2 Å². The predicted octanol–water partition coefficient (Wildman–Crippen LogP) is 1.58. The summed E-state index contributed by atoms with van der Waals surface area (Å²) in [4.78, 5) is 25.1. The highest BCUT2D eigenvalue weighted by atomic mass is 16.5. The van der Waals surface area contributed by atoms with Crippen LogP contribution in [0.4, 0.5) is 5.82 Å². The molecule has 1 fully saturated rings. The molecule has 1 saturated heterocycles. The first-order chi connectivity index (χ1) is 10.5. The molecule has 0 atom stereocenters. The third kappa shape index (κ3) is 3.74. The second kappa shape index (κ2) is 7.05. The predicted molar refractivity (Wildman–Crippen MR) is 85.7 cm³/mol. The van der Waals surface area contributed by atoms with Crippen LogP contribution in [0.15, 0.2) is 18.6 Å². The van der Waals surface area contributed by atoms with Crippen LogP contribution < -0.4 is 4.90 Å². The zero-order chi connectivity index (χ0) is 16.2. The molecule has 0 bridgehead atoms. The Balaban J connectivity index is 1.92. The first kappa shape index (κ1) is 16.7. The van der Waals surface area contributed by atoms with Gasteiger partial charge >= 0.3 is 0 Å². The number of rotatable bonds is 5. The fourth-order valence-electron chi connectivity index (χ4n) is 2.83. The Labute approximate surface area is 132 Å². The number of carbonyl (C=O) groups excluding carboxylic acids is 1. The highest BCUT2D eigenvalue weighted by Crippen LogP contribution is 2.25. The molecule has 6 heteroatoms. The summed E-state index contributed by atoms with van der Waals surface area (Å²) >= 11 is 0. The SMILES string of the molecule is COCC(C)(C)N(C)C(=O)C1CCN(c2cnccn2)CC1. The van der Waals surface area contributed by atoms with E-state index in [0.717, 1.165) is 31.7 Å². The molecule has 0 aromatic carbocycles. The highest BCUT2D eigenvalue weighted by molar-refractivity contribution is 5.79. The summed E-state index contributed by atoms with van der Waals surface area (Å²) in [5, 5.41) is 0. The van der Waals surface area contributed by atoms with Gasteiger partial charge in [0, 0.05) is 45.6 Å². The van der Waals surface area contributed by atoms with Crippen LogP contribution in [0.5, 0.6) is 0 Å². The van der Waals surface area contributed by atoms with Crippen molar-refractivity contribution < 1.29 is 9.53 Å². The molecule has 0 aliphatic carbocycles. The van der Waals surface area contributed by atoms with Gasteiger partial charge in [0.25, 0.3) is 0 Å². The van der Waals surface area contributed by atoms with Crippen molar-refractivity contribution in [2.75, 3.05) is 38.8 Å². The number of piperidine rings is 1. The maximum atomic E-state index is 12.7. The first-order valence-corrected chi connectivity index (χ1v) is 7.73. The summed E-state index contributed by atoms with van der Waals surface area (Å²) in [7, 11) is 3.54. The van der Waals surface area contributed by atoms with E-state index in [9.17, 15) is 4.79 Å². The maximum Gasteiger partial charge on any atom is 0.226 e. The molecule has 0 saturated carbocycles. The summed E-state index contributed by atoms with van der Waals surface area (Å²) in [6.45, 7) is 6.28. The molecule has 2 heterocycles. The van der Waals surface area contributed by atoms with Crippen LogP contribution in [0.2, 0.25) is 0 Å². The smallest absolute Gasteiger partial charge is 0.226 e. The summed E-state index contributed by atoms with van der Waals surface area (Å²) < 4.78 is 5.22. The number of amides is 1. The van der Waals surface area contributed by atoms with E-state index in [4.69, 9.17) is 4.74 Å². The quantitative estimate of drug-likeness (QED) is 0.826. The number of nitrogens with zero attached hydrogens (tertiary/aromatic N) is 4. The van der Waals surface area contributed by atoms with Crippen molar-refractivity contribution in [3.8, 4) is 0 Å². The molecule has 122 valence electrons. The van der Waals surface area contributed by atoms with Gasteiger partial charge in [-0.15, -0.1) is 0 Å². The summed E-state index contributed by atoms with van der Waals surface area (Å²) in [5.74, 6) is 1.18. The van der Waals surface area contributed by atoms with E-state index >= 15 is 0 Å². The molecule has 1 amide bonds. The number of methoxy groups -OCH3 is 1. The molecule has 0 spiro atoms. The monoisotopic (exact) mass is 306 g/mol. The Morgan fingerprint density at radius 2 is 2.09 bits per heavy atom. The van der Waals surface area contributed by atoms with Crippen LogP contribution in [0, 0.1) is 5.92 Å². The third-order valence-electron chi connectivity index (χ3n) is 4.45. The lowest BCUT2D eigenvalue weighted by atomic mass is 9.93.